The van der Waals surface area contributed by atoms with Gasteiger partial charge in [0, 0.05) is 12.8 Å². The van der Waals surface area contributed by atoms with Crippen molar-refractivity contribution in [3.05, 3.63) is 0 Å². The molecular formula is C60H119NO5. The van der Waals surface area contributed by atoms with Crippen molar-refractivity contribution in [2.24, 2.45) is 0 Å². The van der Waals surface area contributed by atoms with Crippen molar-refractivity contribution in [3.63, 3.8) is 0 Å². The third kappa shape index (κ3) is 52.2. The third-order valence-corrected chi connectivity index (χ3v) is 14.4. The van der Waals surface area contributed by atoms with E-state index in [1.807, 2.05) is 0 Å². The number of hydrogen-bond acceptors (Lipinski definition) is 5. The summed E-state index contributed by atoms with van der Waals surface area (Å²) < 4.78 is 5.48. The first-order chi connectivity index (χ1) is 32.5. The normalized spacial score (nSPS) is 12.5. The number of carbonyl (C=O) groups excluding carboxylic acids is 2. The molecule has 1 amide bonds. The van der Waals surface area contributed by atoms with Gasteiger partial charge in [-0.25, -0.2) is 0 Å². The average Bonchev–Trinajstić information content (AvgIpc) is 3.32. The Kier molecular flexibility index (Phi) is 55.5. The van der Waals surface area contributed by atoms with Crippen LogP contribution in [0.15, 0.2) is 0 Å². The maximum atomic E-state index is 12.5. The van der Waals surface area contributed by atoms with Gasteiger partial charge in [-0.05, 0) is 25.7 Å². The molecule has 2 atom stereocenters. The zero-order chi connectivity index (χ0) is 47.9. The Labute approximate surface area is 413 Å². The molecular weight excluding hydrogens is 815 g/mol. The molecule has 0 aromatic heterocycles. The van der Waals surface area contributed by atoms with Gasteiger partial charge in [-0.15, -0.1) is 0 Å². The smallest absolute Gasteiger partial charge is 0.305 e. The molecule has 2 unspecified atom stereocenters. The van der Waals surface area contributed by atoms with Crippen molar-refractivity contribution in [2.75, 3.05) is 13.2 Å². The number of aliphatic hydroxyl groups is 2. The summed E-state index contributed by atoms with van der Waals surface area (Å²) in [6.45, 7) is 4.97. The molecule has 0 aromatic rings. The van der Waals surface area contributed by atoms with Gasteiger partial charge in [0.1, 0.15) is 0 Å². The first-order valence-electron chi connectivity index (χ1n) is 30.3. The number of aliphatic hydroxyl groups excluding tert-OH is 2. The molecule has 0 saturated heterocycles. The van der Waals surface area contributed by atoms with E-state index < -0.39 is 12.1 Å². The van der Waals surface area contributed by atoms with E-state index in [0.717, 1.165) is 44.9 Å². The number of esters is 1. The molecule has 3 N–H and O–H groups in total. The lowest BCUT2D eigenvalue weighted by molar-refractivity contribution is -0.143. The molecule has 0 heterocycles. The van der Waals surface area contributed by atoms with E-state index in [1.165, 1.54) is 270 Å². The highest BCUT2D eigenvalue weighted by atomic mass is 16.5. The Morgan fingerprint density at radius 3 is 0.924 bits per heavy atom. The molecule has 0 spiro atoms. The summed E-state index contributed by atoms with van der Waals surface area (Å²) in [4.78, 5) is 24.6. The summed E-state index contributed by atoms with van der Waals surface area (Å²) in [6, 6.07) is -0.547. The first-order valence-corrected chi connectivity index (χ1v) is 30.3. The lowest BCUT2D eigenvalue weighted by Crippen LogP contribution is -2.45. The maximum absolute atomic E-state index is 12.5. The molecule has 0 radical (unpaired) electrons. The second kappa shape index (κ2) is 56.4. The zero-order valence-corrected chi connectivity index (χ0v) is 45.0. The summed E-state index contributed by atoms with van der Waals surface area (Å²) in [5, 5.41) is 23.3. The molecule has 0 bridgehead atoms. The van der Waals surface area contributed by atoms with Crippen LogP contribution < -0.4 is 5.32 Å². The number of rotatable bonds is 57. The topological polar surface area (TPSA) is 95.9 Å². The van der Waals surface area contributed by atoms with Crippen LogP contribution in [0.2, 0.25) is 0 Å². The minimum atomic E-state index is -0.669. The molecule has 6 nitrogen and oxygen atoms in total. The van der Waals surface area contributed by atoms with Gasteiger partial charge >= 0.3 is 5.97 Å². The fourth-order valence-corrected chi connectivity index (χ4v) is 9.76. The summed E-state index contributed by atoms with van der Waals surface area (Å²) in [6.07, 6.45) is 65.2. The highest BCUT2D eigenvalue weighted by Gasteiger charge is 2.20. The third-order valence-electron chi connectivity index (χ3n) is 14.4. The SMILES string of the molecule is CCCCCCCCCCCCCCCCCCCCCC(O)C(CO)NC(=O)CCCCCCCCCCCCCCCCCOC(=O)CCCCCCCCCCCCCCCCC. The van der Waals surface area contributed by atoms with Crippen molar-refractivity contribution >= 4 is 11.9 Å². The number of ether oxygens (including phenoxy) is 1. The maximum Gasteiger partial charge on any atom is 0.305 e. The highest BCUT2D eigenvalue weighted by Crippen LogP contribution is 2.18. The van der Waals surface area contributed by atoms with Crippen LogP contribution in [-0.2, 0) is 14.3 Å². The monoisotopic (exact) mass is 934 g/mol. The van der Waals surface area contributed by atoms with E-state index in [0.29, 0.717) is 25.9 Å². The Morgan fingerprint density at radius 2 is 0.621 bits per heavy atom. The molecule has 0 aliphatic rings. The van der Waals surface area contributed by atoms with Crippen molar-refractivity contribution in [2.45, 2.75) is 360 Å². The molecule has 0 saturated carbocycles. The van der Waals surface area contributed by atoms with E-state index in [9.17, 15) is 19.8 Å². The van der Waals surface area contributed by atoms with Gasteiger partial charge in [-0.1, -0.05) is 309 Å². The lowest BCUT2D eigenvalue weighted by Gasteiger charge is -2.22. The Morgan fingerprint density at radius 1 is 0.364 bits per heavy atom. The highest BCUT2D eigenvalue weighted by molar-refractivity contribution is 5.76. The molecule has 0 aliphatic carbocycles. The number of unbranched alkanes of at least 4 members (excludes halogenated alkanes) is 46. The lowest BCUT2D eigenvalue weighted by atomic mass is 10.0. The minimum Gasteiger partial charge on any atom is -0.466 e. The van der Waals surface area contributed by atoms with Crippen LogP contribution in [0.4, 0.5) is 0 Å². The van der Waals surface area contributed by atoms with Gasteiger partial charge < -0.3 is 20.3 Å². The van der Waals surface area contributed by atoms with Gasteiger partial charge in [0.05, 0.1) is 25.4 Å². The van der Waals surface area contributed by atoms with E-state index in [1.54, 1.807) is 0 Å². The number of hydrogen-bond donors (Lipinski definition) is 3. The summed E-state index contributed by atoms with van der Waals surface area (Å²) in [5.74, 6) is -0.0343. The zero-order valence-electron chi connectivity index (χ0n) is 45.0. The average molecular weight is 935 g/mol. The predicted octanol–water partition coefficient (Wildman–Crippen LogP) is 18.7. The van der Waals surface area contributed by atoms with Gasteiger partial charge in [0.2, 0.25) is 5.91 Å². The van der Waals surface area contributed by atoms with Crippen molar-refractivity contribution in [3.8, 4) is 0 Å². The van der Waals surface area contributed by atoms with Crippen molar-refractivity contribution in [1.29, 1.82) is 0 Å². The quantitative estimate of drug-likeness (QED) is 0.0417. The Hall–Kier alpha value is -1.14. The van der Waals surface area contributed by atoms with Gasteiger partial charge in [-0.2, -0.15) is 0 Å². The Bertz CT molecular complexity index is 944. The molecule has 0 rings (SSSR count). The number of nitrogens with one attached hydrogen (secondary N) is 1. The molecule has 394 valence electrons. The first kappa shape index (κ1) is 64.9. The van der Waals surface area contributed by atoms with E-state index in [4.69, 9.17) is 4.74 Å². The van der Waals surface area contributed by atoms with Crippen molar-refractivity contribution in [1.82, 2.24) is 5.32 Å². The van der Waals surface area contributed by atoms with Crippen LogP contribution >= 0.6 is 0 Å². The standard InChI is InChI=1S/C60H119NO5/c1-3-5-7-9-11-13-15-17-19-20-21-22-25-28-32-36-40-44-48-52-58(63)57(56-62)61-59(64)53-49-45-41-37-33-29-26-23-27-31-35-39-43-47-51-55-66-60(65)54-50-46-42-38-34-30-24-18-16-14-12-10-8-6-4-2/h57-58,62-63H,3-56H2,1-2H3,(H,61,64). The molecule has 0 aromatic carbocycles. The molecule has 66 heavy (non-hydrogen) atoms. The second-order valence-electron chi connectivity index (χ2n) is 21.1. The molecule has 0 aliphatic heterocycles. The summed E-state index contributed by atoms with van der Waals surface area (Å²) >= 11 is 0. The van der Waals surface area contributed by atoms with Gasteiger partial charge in [0.25, 0.3) is 0 Å². The van der Waals surface area contributed by atoms with Crippen LogP contribution in [0.3, 0.4) is 0 Å². The largest absolute Gasteiger partial charge is 0.466 e. The van der Waals surface area contributed by atoms with Gasteiger partial charge in [0.15, 0.2) is 0 Å². The van der Waals surface area contributed by atoms with Gasteiger partial charge in [-0.3, -0.25) is 9.59 Å². The fraction of sp³-hybridized carbons (Fsp3) is 0.967. The summed E-state index contributed by atoms with van der Waals surface area (Å²) in [7, 11) is 0. The predicted molar refractivity (Wildman–Crippen MR) is 287 cm³/mol. The van der Waals surface area contributed by atoms with E-state index in [2.05, 4.69) is 19.2 Å². The van der Waals surface area contributed by atoms with Crippen LogP contribution in [0, 0.1) is 0 Å². The molecule has 6 heteroatoms. The van der Waals surface area contributed by atoms with Crippen LogP contribution in [0.1, 0.15) is 348 Å². The number of carbonyl (C=O) groups is 2. The molecule has 0 fully saturated rings. The summed E-state index contributed by atoms with van der Waals surface area (Å²) in [5.41, 5.74) is 0. The van der Waals surface area contributed by atoms with E-state index >= 15 is 0 Å². The van der Waals surface area contributed by atoms with Crippen molar-refractivity contribution < 1.29 is 24.5 Å². The second-order valence-corrected chi connectivity index (χ2v) is 21.1. The number of amides is 1. The van der Waals surface area contributed by atoms with Crippen LogP contribution in [-0.4, -0.2) is 47.4 Å². The fourth-order valence-electron chi connectivity index (χ4n) is 9.76. The van der Waals surface area contributed by atoms with Crippen LogP contribution in [0.25, 0.3) is 0 Å². The Balaban J connectivity index is 3.41. The minimum absolute atomic E-state index is 0.00491. The van der Waals surface area contributed by atoms with Crippen LogP contribution in [0.5, 0.6) is 0 Å². The van der Waals surface area contributed by atoms with E-state index in [-0.39, 0.29) is 18.5 Å².